The van der Waals surface area contributed by atoms with Crippen molar-refractivity contribution in [2.75, 3.05) is 32.4 Å². The molecule has 3 aromatic rings. The van der Waals surface area contributed by atoms with E-state index in [0.717, 1.165) is 11.1 Å². The molecule has 0 saturated heterocycles. The zero-order chi connectivity index (χ0) is 23.1. The second-order valence-electron chi connectivity index (χ2n) is 6.41. The average Bonchev–Trinajstić information content (AvgIpc) is 3.26. The fraction of sp³-hybridized carbons (Fsp3) is 0.238. The van der Waals surface area contributed by atoms with Gasteiger partial charge in [0.1, 0.15) is 11.5 Å². The maximum atomic E-state index is 12.3. The number of carbonyl (C=O) groups is 1. The molecule has 0 bridgehead atoms. The van der Waals surface area contributed by atoms with Gasteiger partial charge in [0.05, 0.1) is 37.7 Å². The van der Waals surface area contributed by atoms with Gasteiger partial charge in [0.25, 0.3) is 0 Å². The van der Waals surface area contributed by atoms with E-state index in [1.807, 2.05) is 11.4 Å². The van der Waals surface area contributed by atoms with Gasteiger partial charge in [-0.05, 0) is 29.8 Å². The minimum absolute atomic E-state index is 0.0988. The second-order valence-corrected chi connectivity index (χ2v) is 8.25. The molecule has 1 N–H and O–H groups in total. The molecule has 11 heteroatoms. The van der Waals surface area contributed by atoms with Gasteiger partial charge in [0, 0.05) is 22.8 Å². The fourth-order valence-electron chi connectivity index (χ4n) is 2.85. The number of thiazole rings is 1. The Balaban J connectivity index is 1.59. The van der Waals surface area contributed by atoms with E-state index in [1.165, 1.54) is 36.3 Å². The number of rotatable bonds is 10. The van der Waals surface area contributed by atoms with Crippen molar-refractivity contribution in [3.05, 3.63) is 57.5 Å². The number of nitrogens with zero attached hydrogens (tertiary/aromatic N) is 2. The highest BCUT2D eigenvalue weighted by molar-refractivity contribution is 7.99. The lowest BCUT2D eigenvalue weighted by atomic mass is 10.1. The third-order valence-electron chi connectivity index (χ3n) is 4.37. The highest BCUT2D eigenvalue weighted by Gasteiger charge is 2.16. The number of hydrogen-bond acceptors (Lipinski definition) is 9. The molecule has 0 aliphatic heterocycles. The number of anilines is 1. The first kappa shape index (κ1) is 23.4. The van der Waals surface area contributed by atoms with E-state index >= 15 is 0 Å². The number of nitro groups is 1. The van der Waals surface area contributed by atoms with E-state index in [1.54, 1.807) is 38.5 Å². The predicted molar refractivity (Wildman–Crippen MR) is 125 cm³/mol. The van der Waals surface area contributed by atoms with Gasteiger partial charge in [-0.2, -0.15) is 0 Å². The van der Waals surface area contributed by atoms with Crippen molar-refractivity contribution in [1.29, 1.82) is 0 Å². The molecule has 0 fully saturated rings. The number of methoxy groups -OCH3 is 3. The molecule has 3 rings (SSSR count). The monoisotopic (exact) mass is 475 g/mol. The van der Waals surface area contributed by atoms with Crippen LogP contribution in [0.25, 0.3) is 11.3 Å². The predicted octanol–water partition coefficient (Wildman–Crippen LogP) is 4.62. The molecule has 0 saturated carbocycles. The molecule has 168 valence electrons. The van der Waals surface area contributed by atoms with Crippen LogP contribution in [0.15, 0.2) is 41.8 Å². The summed E-state index contributed by atoms with van der Waals surface area (Å²) in [5.41, 5.74) is 2.06. The lowest BCUT2D eigenvalue weighted by Gasteiger charge is -2.08. The molecular formula is C21H21N3O6S2. The average molecular weight is 476 g/mol. The smallest absolute Gasteiger partial charge is 0.311 e. The highest BCUT2D eigenvalue weighted by atomic mass is 32.2. The molecule has 1 heterocycles. The van der Waals surface area contributed by atoms with Crippen molar-refractivity contribution in [3.63, 3.8) is 0 Å². The molecular weight excluding hydrogens is 454 g/mol. The summed E-state index contributed by atoms with van der Waals surface area (Å²) < 4.78 is 15.7. The molecule has 0 unspecified atom stereocenters. The lowest BCUT2D eigenvalue weighted by Crippen LogP contribution is -2.14. The molecule has 0 radical (unpaired) electrons. The Hall–Kier alpha value is -3.31. The third-order valence-corrected chi connectivity index (χ3v) is 6.14. The SMILES string of the molecule is COc1ccc(OC)c(-c2csc(NC(=O)CSCc3ccc(OC)c([N+](=O)[O-])c3)n2)c1. The minimum Gasteiger partial charge on any atom is -0.497 e. The molecule has 0 aliphatic rings. The lowest BCUT2D eigenvalue weighted by molar-refractivity contribution is -0.385. The van der Waals surface area contributed by atoms with Crippen LogP contribution in [0, 0.1) is 10.1 Å². The normalized spacial score (nSPS) is 10.5. The van der Waals surface area contributed by atoms with Crippen LogP contribution in [0.1, 0.15) is 5.56 Å². The first-order chi connectivity index (χ1) is 15.4. The molecule has 0 aliphatic carbocycles. The van der Waals surface area contributed by atoms with Crippen molar-refractivity contribution in [2.45, 2.75) is 5.75 Å². The molecule has 1 aromatic heterocycles. The minimum atomic E-state index is -0.489. The zero-order valence-corrected chi connectivity index (χ0v) is 19.2. The van der Waals surface area contributed by atoms with Crippen molar-refractivity contribution in [1.82, 2.24) is 4.98 Å². The van der Waals surface area contributed by atoms with Crippen LogP contribution in [0.4, 0.5) is 10.8 Å². The summed E-state index contributed by atoms with van der Waals surface area (Å²) in [6.45, 7) is 0. The number of nitro benzene ring substituents is 1. The molecule has 0 atom stereocenters. The van der Waals surface area contributed by atoms with Gasteiger partial charge in [-0.1, -0.05) is 6.07 Å². The maximum Gasteiger partial charge on any atom is 0.311 e. The van der Waals surface area contributed by atoms with Gasteiger partial charge in [-0.15, -0.1) is 23.1 Å². The number of amides is 1. The molecule has 9 nitrogen and oxygen atoms in total. The van der Waals surface area contributed by atoms with Gasteiger partial charge >= 0.3 is 5.69 Å². The van der Waals surface area contributed by atoms with Gasteiger partial charge in [-0.25, -0.2) is 4.98 Å². The first-order valence-corrected chi connectivity index (χ1v) is 11.4. The zero-order valence-electron chi connectivity index (χ0n) is 17.6. The number of nitrogens with one attached hydrogen (secondary N) is 1. The van der Waals surface area contributed by atoms with Crippen molar-refractivity contribution in [2.24, 2.45) is 0 Å². The molecule has 2 aromatic carbocycles. The van der Waals surface area contributed by atoms with Crippen LogP contribution < -0.4 is 19.5 Å². The molecule has 0 spiro atoms. The Labute approximate surface area is 192 Å². The van der Waals surface area contributed by atoms with Crippen LogP contribution in [0.5, 0.6) is 17.2 Å². The van der Waals surface area contributed by atoms with Crippen LogP contribution in [-0.4, -0.2) is 42.9 Å². The van der Waals surface area contributed by atoms with Gasteiger partial charge in [-0.3, -0.25) is 14.9 Å². The van der Waals surface area contributed by atoms with E-state index in [9.17, 15) is 14.9 Å². The van der Waals surface area contributed by atoms with Gasteiger partial charge in [0.2, 0.25) is 5.91 Å². The molecule has 32 heavy (non-hydrogen) atoms. The standard InChI is InChI=1S/C21H21N3O6S2/c1-28-14-5-7-18(29-2)15(9-14)16-11-32-21(22-16)23-20(25)12-31-10-13-4-6-19(30-3)17(8-13)24(26)27/h4-9,11H,10,12H2,1-3H3,(H,22,23,25). The van der Waals surface area contributed by atoms with Crippen molar-refractivity contribution in [3.8, 4) is 28.5 Å². The molecule has 1 amide bonds. The highest BCUT2D eigenvalue weighted by Crippen LogP contribution is 2.35. The Morgan fingerprint density at radius 2 is 1.88 bits per heavy atom. The Morgan fingerprint density at radius 1 is 1.12 bits per heavy atom. The maximum absolute atomic E-state index is 12.3. The number of ether oxygens (including phenoxy) is 3. The fourth-order valence-corrected chi connectivity index (χ4v) is 4.36. The van der Waals surface area contributed by atoms with Crippen LogP contribution in [-0.2, 0) is 10.5 Å². The van der Waals surface area contributed by atoms with Gasteiger partial charge in [0.15, 0.2) is 10.9 Å². The summed E-state index contributed by atoms with van der Waals surface area (Å²) >= 11 is 2.65. The topological polar surface area (TPSA) is 113 Å². The number of carbonyl (C=O) groups excluding carboxylic acids is 1. The van der Waals surface area contributed by atoms with E-state index < -0.39 is 4.92 Å². The Morgan fingerprint density at radius 3 is 2.56 bits per heavy atom. The second kappa shape index (κ2) is 10.8. The summed E-state index contributed by atoms with van der Waals surface area (Å²) in [6, 6.07) is 10.2. The quantitative estimate of drug-likeness (QED) is 0.334. The number of thioether (sulfide) groups is 1. The number of benzene rings is 2. The van der Waals surface area contributed by atoms with Crippen molar-refractivity contribution >= 4 is 39.8 Å². The van der Waals surface area contributed by atoms with E-state index in [0.29, 0.717) is 28.1 Å². The first-order valence-electron chi connectivity index (χ1n) is 9.32. The van der Waals surface area contributed by atoms with Crippen LogP contribution in [0.3, 0.4) is 0 Å². The Bertz CT molecular complexity index is 1120. The number of hydrogen-bond donors (Lipinski definition) is 1. The summed E-state index contributed by atoms with van der Waals surface area (Å²) in [5, 5.41) is 16.2. The van der Waals surface area contributed by atoms with Crippen LogP contribution in [0.2, 0.25) is 0 Å². The largest absolute Gasteiger partial charge is 0.497 e. The summed E-state index contributed by atoms with van der Waals surface area (Å²) in [5.74, 6) is 1.94. The van der Waals surface area contributed by atoms with E-state index in [2.05, 4.69) is 10.3 Å². The van der Waals surface area contributed by atoms with E-state index in [4.69, 9.17) is 14.2 Å². The summed E-state index contributed by atoms with van der Waals surface area (Å²) in [4.78, 5) is 27.4. The number of aromatic nitrogens is 1. The van der Waals surface area contributed by atoms with Gasteiger partial charge < -0.3 is 19.5 Å². The Kier molecular flexibility index (Phi) is 7.90. The third kappa shape index (κ3) is 5.68. The van der Waals surface area contributed by atoms with E-state index in [-0.39, 0.29) is 23.1 Å². The van der Waals surface area contributed by atoms with Crippen LogP contribution >= 0.6 is 23.1 Å². The van der Waals surface area contributed by atoms with Crippen molar-refractivity contribution < 1.29 is 23.9 Å². The summed E-state index contributed by atoms with van der Waals surface area (Å²) in [7, 11) is 4.55. The summed E-state index contributed by atoms with van der Waals surface area (Å²) in [6.07, 6.45) is 0.